The molecule has 2 aromatic carbocycles. The van der Waals surface area contributed by atoms with Crippen LogP contribution in [0.3, 0.4) is 0 Å². The van der Waals surface area contributed by atoms with E-state index in [-0.39, 0.29) is 11.3 Å². The predicted molar refractivity (Wildman–Crippen MR) is 90.9 cm³/mol. The van der Waals surface area contributed by atoms with Crippen LogP contribution in [0.15, 0.2) is 46.9 Å². The quantitative estimate of drug-likeness (QED) is 0.477. The number of hydrogen-bond acceptors (Lipinski definition) is 5. The second kappa shape index (κ2) is 7.69. The topological polar surface area (TPSA) is 98.5 Å². The van der Waals surface area contributed by atoms with Crippen LogP contribution in [0.2, 0.25) is 0 Å². The number of nitrogens with zero attached hydrogens (tertiary/aromatic N) is 1. The second-order valence-electron chi connectivity index (χ2n) is 4.89. The number of nitro benzene ring substituents is 1. The van der Waals surface area contributed by atoms with Gasteiger partial charge in [-0.1, -0.05) is 22.0 Å². The number of aryl methyl sites for hydroxylation is 1. The zero-order valence-corrected chi connectivity index (χ0v) is 14.2. The Morgan fingerprint density at radius 2 is 2.00 bits per heavy atom. The summed E-state index contributed by atoms with van der Waals surface area (Å²) in [5, 5.41) is 13.3. The number of nitro groups is 1. The zero-order chi connectivity index (χ0) is 17.7. The number of carbonyl (C=O) groups excluding carboxylic acids is 2. The predicted octanol–water partition coefficient (Wildman–Crippen LogP) is 3.46. The molecule has 1 N–H and O–H groups in total. The van der Waals surface area contributed by atoms with Gasteiger partial charge in [-0.15, -0.1) is 0 Å². The van der Waals surface area contributed by atoms with Gasteiger partial charge in [0.05, 0.1) is 10.5 Å². The van der Waals surface area contributed by atoms with E-state index in [1.807, 2.05) is 13.0 Å². The van der Waals surface area contributed by atoms with Crippen molar-refractivity contribution in [2.45, 2.75) is 6.92 Å². The van der Waals surface area contributed by atoms with Crippen LogP contribution in [-0.2, 0) is 9.53 Å². The molecule has 0 saturated heterocycles. The molecule has 0 spiro atoms. The van der Waals surface area contributed by atoms with Gasteiger partial charge in [0, 0.05) is 22.3 Å². The van der Waals surface area contributed by atoms with Gasteiger partial charge in [-0.2, -0.15) is 0 Å². The molecule has 0 aliphatic rings. The van der Waals surface area contributed by atoms with Gasteiger partial charge in [-0.25, -0.2) is 4.79 Å². The van der Waals surface area contributed by atoms with Gasteiger partial charge in [-0.05, 0) is 36.8 Å². The summed E-state index contributed by atoms with van der Waals surface area (Å²) in [7, 11) is 0. The highest BCUT2D eigenvalue weighted by Gasteiger charge is 2.14. The van der Waals surface area contributed by atoms with E-state index in [2.05, 4.69) is 21.2 Å². The Kier molecular flexibility index (Phi) is 5.64. The summed E-state index contributed by atoms with van der Waals surface area (Å²) in [6.45, 7) is 1.34. The fourth-order valence-corrected chi connectivity index (χ4v) is 2.39. The molecule has 0 aliphatic heterocycles. The minimum Gasteiger partial charge on any atom is -0.452 e. The number of ether oxygens (including phenoxy) is 1. The number of nitrogens with one attached hydrogen (secondary N) is 1. The molecule has 0 fully saturated rings. The lowest BCUT2D eigenvalue weighted by molar-refractivity contribution is -0.384. The normalized spacial score (nSPS) is 10.1. The molecular weight excluding hydrogens is 380 g/mol. The van der Waals surface area contributed by atoms with Gasteiger partial charge in [0.2, 0.25) is 0 Å². The third-order valence-corrected chi connectivity index (χ3v) is 3.58. The van der Waals surface area contributed by atoms with E-state index >= 15 is 0 Å². The summed E-state index contributed by atoms with van der Waals surface area (Å²) in [6, 6.07) is 10.5. The number of non-ortho nitro benzene ring substituents is 1. The van der Waals surface area contributed by atoms with Crippen molar-refractivity contribution in [3.8, 4) is 0 Å². The van der Waals surface area contributed by atoms with Gasteiger partial charge in [0.15, 0.2) is 6.61 Å². The number of anilines is 1. The molecule has 0 bridgehead atoms. The summed E-state index contributed by atoms with van der Waals surface area (Å²) in [5.74, 6) is -1.31. The van der Waals surface area contributed by atoms with Gasteiger partial charge in [0.1, 0.15) is 0 Å². The maximum Gasteiger partial charge on any atom is 0.338 e. The van der Waals surface area contributed by atoms with E-state index in [4.69, 9.17) is 4.74 Å². The maximum absolute atomic E-state index is 11.9. The molecule has 0 aromatic heterocycles. The van der Waals surface area contributed by atoms with Crippen LogP contribution in [0.1, 0.15) is 15.9 Å². The molecule has 24 heavy (non-hydrogen) atoms. The van der Waals surface area contributed by atoms with Crippen LogP contribution >= 0.6 is 15.9 Å². The average molecular weight is 393 g/mol. The monoisotopic (exact) mass is 392 g/mol. The molecule has 2 rings (SSSR count). The summed E-state index contributed by atoms with van der Waals surface area (Å²) in [5.41, 5.74) is 1.24. The highest BCUT2D eigenvalue weighted by molar-refractivity contribution is 9.10. The van der Waals surface area contributed by atoms with Gasteiger partial charge >= 0.3 is 5.97 Å². The third kappa shape index (κ3) is 4.63. The van der Waals surface area contributed by atoms with Crippen LogP contribution in [-0.4, -0.2) is 23.4 Å². The Morgan fingerprint density at radius 3 is 2.67 bits per heavy atom. The van der Waals surface area contributed by atoms with E-state index in [0.29, 0.717) is 5.69 Å². The van der Waals surface area contributed by atoms with Crippen molar-refractivity contribution in [1.29, 1.82) is 0 Å². The standard InChI is InChI=1S/C16H13BrN2O5/c1-10-7-12(17)5-6-14(10)18-15(20)9-24-16(21)11-3-2-4-13(8-11)19(22)23/h2-8H,9H2,1H3,(H,18,20). The first-order chi connectivity index (χ1) is 11.4. The van der Waals surface area contributed by atoms with E-state index < -0.39 is 23.4 Å². The molecule has 7 nitrogen and oxygen atoms in total. The van der Waals surface area contributed by atoms with E-state index in [1.54, 1.807) is 12.1 Å². The maximum atomic E-state index is 11.9. The fourth-order valence-electron chi connectivity index (χ4n) is 1.91. The van der Waals surface area contributed by atoms with Crippen LogP contribution in [0.25, 0.3) is 0 Å². The zero-order valence-electron chi connectivity index (χ0n) is 12.6. The highest BCUT2D eigenvalue weighted by Crippen LogP contribution is 2.20. The SMILES string of the molecule is Cc1cc(Br)ccc1NC(=O)COC(=O)c1cccc([N+](=O)[O-])c1. The Balaban J connectivity index is 1.95. The smallest absolute Gasteiger partial charge is 0.338 e. The second-order valence-corrected chi connectivity index (χ2v) is 5.81. The number of amides is 1. The number of carbonyl (C=O) groups is 2. The van der Waals surface area contributed by atoms with Crippen molar-refractivity contribution in [2.24, 2.45) is 0 Å². The lowest BCUT2D eigenvalue weighted by Gasteiger charge is -2.09. The molecule has 1 amide bonds. The number of hydrogen-bond donors (Lipinski definition) is 1. The summed E-state index contributed by atoms with van der Waals surface area (Å²) < 4.78 is 5.76. The Bertz CT molecular complexity index is 807. The molecule has 0 radical (unpaired) electrons. The summed E-state index contributed by atoms with van der Waals surface area (Å²) in [6.07, 6.45) is 0. The minimum atomic E-state index is -0.804. The van der Waals surface area contributed by atoms with Crippen molar-refractivity contribution in [3.63, 3.8) is 0 Å². The van der Waals surface area contributed by atoms with Crippen LogP contribution in [0.4, 0.5) is 11.4 Å². The summed E-state index contributed by atoms with van der Waals surface area (Å²) >= 11 is 3.32. The molecule has 0 heterocycles. The van der Waals surface area contributed by atoms with Crippen LogP contribution < -0.4 is 5.32 Å². The molecule has 124 valence electrons. The van der Waals surface area contributed by atoms with Crippen LogP contribution in [0, 0.1) is 17.0 Å². The van der Waals surface area contributed by atoms with Crippen molar-refractivity contribution in [3.05, 3.63) is 68.2 Å². The number of halogens is 1. The molecule has 0 saturated carbocycles. The Morgan fingerprint density at radius 1 is 1.25 bits per heavy atom. The summed E-state index contributed by atoms with van der Waals surface area (Å²) in [4.78, 5) is 33.8. The largest absolute Gasteiger partial charge is 0.452 e. The Labute approximate surface area is 145 Å². The molecular formula is C16H13BrN2O5. The lowest BCUT2D eigenvalue weighted by atomic mass is 10.2. The third-order valence-electron chi connectivity index (χ3n) is 3.09. The first-order valence-corrected chi connectivity index (χ1v) is 7.63. The fraction of sp³-hybridized carbons (Fsp3) is 0.125. The van der Waals surface area contributed by atoms with Crippen molar-refractivity contribution >= 4 is 39.2 Å². The van der Waals surface area contributed by atoms with Crippen molar-refractivity contribution < 1.29 is 19.2 Å². The molecule has 0 atom stereocenters. The number of rotatable bonds is 5. The lowest BCUT2D eigenvalue weighted by Crippen LogP contribution is -2.21. The first-order valence-electron chi connectivity index (χ1n) is 6.84. The number of benzene rings is 2. The molecule has 8 heteroatoms. The van der Waals surface area contributed by atoms with Crippen molar-refractivity contribution in [1.82, 2.24) is 0 Å². The van der Waals surface area contributed by atoms with E-state index in [9.17, 15) is 19.7 Å². The van der Waals surface area contributed by atoms with Crippen molar-refractivity contribution in [2.75, 3.05) is 11.9 Å². The number of esters is 1. The van der Waals surface area contributed by atoms with E-state index in [0.717, 1.165) is 16.1 Å². The molecule has 0 unspecified atom stereocenters. The molecule has 2 aromatic rings. The van der Waals surface area contributed by atoms with Gasteiger partial charge < -0.3 is 10.1 Å². The highest BCUT2D eigenvalue weighted by atomic mass is 79.9. The minimum absolute atomic E-state index is 0.0109. The van der Waals surface area contributed by atoms with Crippen LogP contribution in [0.5, 0.6) is 0 Å². The average Bonchev–Trinajstić information content (AvgIpc) is 2.55. The van der Waals surface area contributed by atoms with Gasteiger partial charge in [-0.3, -0.25) is 14.9 Å². The first kappa shape index (κ1) is 17.6. The Hall–Kier alpha value is -2.74. The molecule has 0 aliphatic carbocycles. The van der Waals surface area contributed by atoms with E-state index in [1.165, 1.54) is 18.2 Å². The van der Waals surface area contributed by atoms with Gasteiger partial charge in [0.25, 0.3) is 11.6 Å².